The number of rotatable bonds is 2. The normalized spacial score (nSPS) is 27.6. The average molecular weight is 201 g/mol. The van der Waals surface area contributed by atoms with Gasteiger partial charge in [-0.15, -0.1) is 0 Å². The highest BCUT2D eigenvalue weighted by molar-refractivity contribution is 4.85. The summed E-state index contributed by atoms with van der Waals surface area (Å²) in [5.41, 5.74) is 0. The standard InChI is InChI=1S/C9H19NO.C3H8/c1-7(2)9-5-8(11-4)6-10(9)3;1-3-2/h7-9H,5-6H2,1-4H3;3H2,1-2H3. The lowest BCUT2D eigenvalue weighted by atomic mass is 10.0. The Morgan fingerprint density at radius 3 is 2.07 bits per heavy atom. The molecule has 1 heterocycles. The molecule has 0 radical (unpaired) electrons. The largest absolute Gasteiger partial charge is 0.380 e. The highest BCUT2D eigenvalue weighted by Gasteiger charge is 2.30. The molecule has 86 valence electrons. The molecule has 0 aromatic rings. The van der Waals surface area contributed by atoms with Crippen molar-refractivity contribution >= 4 is 0 Å². The summed E-state index contributed by atoms with van der Waals surface area (Å²) >= 11 is 0. The minimum Gasteiger partial charge on any atom is -0.380 e. The summed E-state index contributed by atoms with van der Waals surface area (Å²) in [5, 5.41) is 0. The second kappa shape index (κ2) is 7.24. The van der Waals surface area contributed by atoms with Crippen LogP contribution >= 0.6 is 0 Å². The zero-order chi connectivity index (χ0) is 11.1. The van der Waals surface area contributed by atoms with Crippen LogP contribution in [-0.4, -0.2) is 37.7 Å². The van der Waals surface area contributed by atoms with Gasteiger partial charge in [0.05, 0.1) is 6.10 Å². The minimum absolute atomic E-state index is 0.465. The van der Waals surface area contributed by atoms with E-state index in [1.165, 1.54) is 12.8 Å². The number of hydrogen-bond donors (Lipinski definition) is 0. The van der Waals surface area contributed by atoms with E-state index < -0.39 is 0 Å². The van der Waals surface area contributed by atoms with Gasteiger partial charge >= 0.3 is 0 Å². The molecule has 2 heteroatoms. The van der Waals surface area contributed by atoms with Gasteiger partial charge in [-0.05, 0) is 19.4 Å². The van der Waals surface area contributed by atoms with Gasteiger partial charge in [-0.1, -0.05) is 34.1 Å². The van der Waals surface area contributed by atoms with Gasteiger partial charge in [0.1, 0.15) is 0 Å². The first kappa shape index (κ1) is 13.9. The van der Waals surface area contributed by atoms with Crippen molar-refractivity contribution in [3.63, 3.8) is 0 Å². The molecule has 1 aliphatic heterocycles. The lowest BCUT2D eigenvalue weighted by Gasteiger charge is -2.22. The molecule has 0 spiro atoms. The van der Waals surface area contributed by atoms with Gasteiger partial charge < -0.3 is 9.64 Å². The summed E-state index contributed by atoms with van der Waals surface area (Å²) in [6.07, 6.45) is 2.91. The van der Waals surface area contributed by atoms with E-state index in [1.807, 2.05) is 0 Å². The summed E-state index contributed by atoms with van der Waals surface area (Å²) in [5.74, 6) is 0.750. The SMILES string of the molecule is CCC.COC1CC(C(C)C)N(C)C1. The van der Waals surface area contributed by atoms with Crippen LogP contribution < -0.4 is 0 Å². The molecule has 1 aliphatic rings. The molecule has 2 nitrogen and oxygen atoms in total. The monoisotopic (exact) mass is 201 g/mol. The van der Waals surface area contributed by atoms with Crippen molar-refractivity contribution in [1.29, 1.82) is 0 Å². The van der Waals surface area contributed by atoms with Crippen LogP contribution in [0.3, 0.4) is 0 Å². The van der Waals surface area contributed by atoms with Crippen molar-refractivity contribution in [2.24, 2.45) is 5.92 Å². The van der Waals surface area contributed by atoms with Crippen molar-refractivity contribution in [3.05, 3.63) is 0 Å². The zero-order valence-electron chi connectivity index (χ0n) is 10.7. The molecule has 2 atom stereocenters. The number of likely N-dealkylation sites (tertiary alicyclic amines) is 1. The highest BCUT2D eigenvalue weighted by Crippen LogP contribution is 2.23. The quantitative estimate of drug-likeness (QED) is 0.681. The van der Waals surface area contributed by atoms with Crippen LogP contribution in [0.1, 0.15) is 40.5 Å². The Kier molecular flexibility index (Phi) is 7.20. The third-order valence-electron chi connectivity index (χ3n) is 2.67. The van der Waals surface area contributed by atoms with Gasteiger partial charge in [-0.2, -0.15) is 0 Å². The Labute approximate surface area is 89.6 Å². The van der Waals surface area contributed by atoms with Gasteiger partial charge in [0.25, 0.3) is 0 Å². The third kappa shape index (κ3) is 4.43. The van der Waals surface area contributed by atoms with E-state index in [0.29, 0.717) is 6.10 Å². The van der Waals surface area contributed by atoms with Crippen LogP contribution in [0.4, 0.5) is 0 Å². The molecule has 0 aliphatic carbocycles. The average Bonchev–Trinajstić information content (AvgIpc) is 2.48. The van der Waals surface area contributed by atoms with Gasteiger partial charge in [0, 0.05) is 19.7 Å². The van der Waals surface area contributed by atoms with Crippen molar-refractivity contribution < 1.29 is 4.74 Å². The highest BCUT2D eigenvalue weighted by atomic mass is 16.5. The molecule has 0 aromatic heterocycles. The molecule has 0 aromatic carbocycles. The summed E-state index contributed by atoms with van der Waals surface area (Å²) in [7, 11) is 3.99. The zero-order valence-corrected chi connectivity index (χ0v) is 10.7. The van der Waals surface area contributed by atoms with E-state index in [1.54, 1.807) is 7.11 Å². The second-order valence-electron chi connectivity index (χ2n) is 4.55. The molecule has 1 rings (SSSR count). The van der Waals surface area contributed by atoms with Crippen molar-refractivity contribution in [3.8, 4) is 0 Å². The van der Waals surface area contributed by atoms with E-state index in [4.69, 9.17) is 4.74 Å². The second-order valence-corrected chi connectivity index (χ2v) is 4.55. The first-order valence-corrected chi connectivity index (χ1v) is 5.79. The van der Waals surface area contributed by atoms with E-state index >= 15 is 0 Å². The fourth-order valence-electron chi connectivity index (χ4n) is 1.93. The molecular weight excluding hydrogens is 174 g/mol. The number of methoxy groups -OCH3 is 1. The predicted molar refractivity (Wildman–Crippen MR) is 62.6 cm³/mol. The number of hydrogen-bond acceptors (Lipinski definition) is 2. The molecule has 0 bridgehead atoms. The Morgan fingerprint density at radius 1 is 1.36 bits per heavy atom. The maximum absolute atomic E-state index is 5.32. The topological polar surface area (TPSA) is 12.5 Å². The molecule has 2 unspecified atom stereocenters. The Balaban J connectivity index is 0.000000500. The van der Waals surface area contributed by atoms with E-state index in [9.17, 15) is 0 Å². The van der Waals surface area contributed by atoms with Gasteiger partial charge in [-0.25, -0.2) is 0 Å². The lowest BCUT2D eigenvalue weighted by molar-refractivity contribution is 0.111. The first-order valence-electron chi connectivity index (χ1n) is 5.79. The maximum atomic E-state index is 5.32. The van der Waals surface area contributed by atoms with Gasteiger partial charge in [-0.3, -0.25) is 0 Å². The van der Waals surface area contributed by atoms with Crippen LogP contribution in [0.25, 0.3) is 0 Å². The van der Waals surface area contributed by atoms with Gasteiger partial charge in [0.2, 0.25) is 0 Å². The summed E-state index contributed by atoms with van der Waals surface area (Å²) in [6.45, 7) is 9.90. The molecule has 0 amide bonds. The summed E-state index contributed by atoms with van der Waals surface area (Å²) in [6, 6.07) is 0.722. The molecule has 14 heavy (non-hydrogen) atoms. The molecular formula is C12H27NO. The van der Waals surface area contributed by atoms with E-state index in [0.717, 1.165) is 18.5 Å². The Morgan fingerprint density at radius 2 is 1.86 bits per heavy atom. The molecule has 1 saturated heterocycles. The Hall–Kier alpha value is -0.0800. The molecule has 0 N–H and O–H groups in total. The van der Waals surface area contributed by atoms with Crippen LogP contribution in [0.5, 0.6) is 0 Å². The van der Waals surface area contributed by atoms with Gasteiger partial charge in [0.15, 0.2) is 0 Å². The fourth-order valence-corrected chi connectivity index (χ4v) is 1.93. The van der Waals surface area contributed by atoms with Crippen molar-refractivity contribution in [2.75, 3.05) is 20.7 Å². The third-order valence-corrected chi connectivity index (χ3v) is 2.67. The Bertz CT molecular complexity index is 136. The minimum atomic E-state index is 0.465. The van der Waals surface area contributed by atoms with Crippen LogP contribution in [0.2, 0.25) is 0 Å². The smallest absolute Gasteiger partial charge is 0.0713 e. The van der Waals surface area contributed by atoms with Crippen LogP contribution in [0, 0.1) is 5.92 Å². The number of likely N-dealkylation sites (N-methyl/N-ethyl adjacent to an activating group) is 1. The molecule has 0 saturated carbocycles. The van der Waals surface area contributed by atoms with E-state index in [-0.39, 0.29) is 0 Å². The summed E-state index contributed by atoms with van der Waals surface area (Å²) < 4.78 is 5.32. The predicted octanol–water partition coefficient (Wildman–Crippen LogP) is 2.78. The number of ether oxygens (including phenoxy) is 1. The first-order chi connectivity index (χ1) is 6.56. The van der Waals surface area contributed by atoms with E-state index in [2.05, 4.69) is 39.6 Å². The van der Waals surface area contributed by atoms with Crippen LogP contribution in [-0.2, 0) is 4.74 Å². The van der Waals surface area contributed by atoms with Crippen LogP contribution in [0.15, 0.2) is 0 Å². The number of nitrogens with zero attached hydrogens (tertiary/aromatic N) is 1. The van der Waals surface area contributed by atoms with Crippen molar-refractivity contribution in [1.82, 2.24) is 4.90 Å². The van der Waals surface area contributed by atoms with Crippen molar-refractivity contribution in [2.45, 2.75) is 52.7 Å². The lowest BCUT2D eigenvalue weighted by Crippen LogP contribution is -2.29. The maximum Gasteiger partial charge on any atom is 0.0713 e. The fraction of sp³-hybridized carbons (Fsp3) is 1.00. The summed E-state index contributed by atoms with van der Waals surface area (Å²) in [4.78, 5) is 2.40. The molecule has 1 fully saturated rings.